The van der Waals surface area contributed by atoms with Crippen molar-refractivity contribution in [1.82, 2.24) is 4.90 Å². The Morgan fingerprint density at radius 1 is 1.35 bits per heavy atom. The number of ether oxygens (including phenoxy) is 1. The normalized spacial score (nSPS) is 18.0. The molecule has 23 heavy (non-hydrogen) atoms. The molecular formula is C16H15FN2O3S. The smallest absolute Gasteiger partial charge is 0.249 e. The Morgan fingerprint density at radius 3 is 2.91 bits per heavy atom. The first-order valence-corrected chi connectivity index (χ1v) is 7.98. The molecule has 0 saturated carbocycles. The van der Waals surface area contributed by atoms with E-state index in [1.165, 1.54) is 28.4 Å². The van der Waals surface area contributed by atoms with Crippen molar-refractivity contribution in [3.05, 3.63) is 52.5 Å². The summed E-state index contributed by atoms with van der Waals surface area (Å²) >= 11 is 1.51. The quantitative estimate of drug-likeness (QED) is 0.933. The summed E-state index contributed by atoms with van der Waals surface area (Å²) in [5, 5.41) is 4.44. The SMILES string of the molecule is O=C(Nc1ccccc1F)[C@@H]1COCC(=O)N1Cc1cccs1. The van der Waals surface area contributed by atoms with Crippen molar-refractivity contribution in [2.24, 2.45) is 0 Å². The van der Waals surface area contributed by atoms with Crippen molar-refractivity contribution in [3.63, 3.8) is 0 Å². The van der Waals surface area contributed by atoms with Crippen molar-refractivity contribution in [2.75, 3.05) is 18.5 Å². The number of amides is 2. The van der Waals surface area contributed by atoms with Crippen LogP contribution in [0.4, 0.5) is 10.1 Å². The summed E-state index contributed by atoms with van der Waals surface area (Å²) in [5.74, 6) is -1.23. The van der Waals surface area contributed by atoms with Crippen LogP contribution in [0.15, 0.2) is 41.8 Å². The number of rotatable bonds is 4. The first kappa shape index (κ1) is 15.6. The van der Waals surface area contributed by atoms with Gasteiger partial charge in [0, 0.05) is 4.88 Å². The number of hydrogen-bond donors (Lipinski definition) is 1. The van der Waals surface area contributed by atoms with Crippen molar-refractivity contribution >= 4 is 28.8 Å². The zero-order valence-electron chi connectivity index (χ0n) is 12.2. The number of benzene rings is 1. The molecular weight excluding hydrogens is 319 g/mol. The van der Waals surface area contributed by atoms with Gasteiger partial charge in [-0.1, -0.05) is 18.2 Å². The molecule has 1 N–H and O–H groups in total. The maximum Gasteiger partial charge on any atom is 0.249 e. The monoisotopic (exact) mass is 334 g/mol. The second-order valence-corrected chi connectivity index (χ2v) is 6.13. The van der Waals surface area contributed by atoms with Crippen LogP contribution >= 0.6 is 11.3 Å². The molecule has 0 unspecified atom stereocenters. The molecule has 0 aliphatic carbocycles. The third kappa shape index (κ3) is 3.57. The van der Waals surface area contributed by atoms with E-state index in [2.05, 4.69) is 5.32 Å². The Balaban J connectivity index is 1.76. The zero-order chi connectivity index (χ0) is 16.2. The number of carbonyl (C=O) groups excluding carboxylic acids is 2. The van der Waals surface area contributed by atoms with E-state index in [1.54, 1.807) is 12.1 Å². The van der Waals surface area contributed by atoms with Gasteiger partial charge in [0.2, 0.25) is 11.8 Å². The highest BCUT2D eigenvalue weighted by Gasteiger charge is 2.34. The van der Waals surface area contributed by atoms with Gasteiger partial charge in [-0.05, 0) is 23.6 Å². The van der Waals surface area contributed by atoms with Crippen LogP contribution in [-0.2, 0) is 20.9 Å². The summed E-state index contributed by atoms with van der Waals surface area (Å²) in [5.41, 5.74) is 0.0894. The predicted molar refractivity (Wildman–Crippen MR) is 84.5 cm³/mol. The summed E-state index contributed by atoms with van der Waals surface area (Å²) in [6.45, 7) is 0.390. The number of thiophene rings is 1. The largest absolute Gasteiger partial charge is 0.369 e. The first-order valence-electron chi connectivity index (χ1n) is 7.10. The summed E-state index contributed by atoms with van der Waals surface area (Å²) in [6, 6.07) is 8.92. The fourth-order valence-electron chi connectivity index (χ4n) is 2.37. The van der Waals surface area contributed by atoms with Gasteiger partial charge in [-0.15, -0.1) is 11.3 Å². The average Bonchev–Trinajstić information content (AvgIpc) is 3.04. The lowest BCUT2D eigenvalue weighted by atomic mass is 10.2. The predicted octanol–water partition coefficient (Wildman–Crippen LogP) is 2.25. The minimum Gasteiger partial charge on any atom is -0.369 e. The van der Waals surface area contributed by atoms with Gasteiger partial charge in [-0.2, -0.15) is 0 Å². The molecule has 0 spiro atoms. The molecule has 2 amide bonds. The fraction of sp³-hybridized carbons (Fsp3) is 0.250. The second-order valence-electron chi connectivity index (χ2n) is 5.10. The topological polar surface area (TPSA) is 58.6 Å². The van der Waals surface area contributed by atoms with E-state index in [4.69, 9.17) is 4.74 Å². The van der Waals surface area contributed by atoms with E-state index in [0.717, 1.165) is 4.88 Å². The maximum atomic E-state index is 13.7. The standard InChI is InChI=1S/C16H15FN2O3S/c17-12-5-1-2-6-13(12)18-16(21)14-9-22-10-15(20)19(14)8-11-4-3-7-23-11/h1-7,14H,8-10H2,(H,18,21)/t14-/m0/s1. The number of carbonyl (C=O) groups is 2. The lowest BCUT2D eigenvalue weighted by molar-refractivity contribution is -0.153. The summed E-state index contributed by atoms with van der Waals surface area (Å²) in [6.07, 6.45) is 0. The number of para-hydroxylation sites is 1. The highest BCUT2D eigenvalue weighted by Crippen LogP contribution is 2.19. The Bertz CT molecular complexity index is 705. The van der Waals surface area contributed by atoms with Gasteiger partial charge in [0.05, 0.1) is 18.8 Å². The molecule has 120 valence electrons. The van der Waals surface area contributed by atoms with Crippen LogP contribution in [0.2, 0.25) is 0 Å². The number of anilines is 1. The molecule has 1 aliphatic heterocycles. The number of nitrogens with one attached hydrogen (secondary N) is 1. The highest BCUT2D eigenvalue weighted by molar-refractivity contribution is 7.09. The molecule has 0 bridgehead atoms. The minimum atomic E-state index is -0.780. The molecule has 2 aromatic rings. The third-order valence-corrected chi connectivity index (χ3v) is 4.40. The van der Waals surface area contributed by atoms with E-state index in [-0.39, 0.29) is 24.8 Å². The zero-order valence-corrected chi connectivity index (χ0v) is 13.0. The number of nitrogens with zero attached hydrogens (tertiary/aromatic N) is 1. The van der Waals surface area contributed by atoms with Gasteiger partial charge in [0.15, 0.2) is 0 Å². The van der Waals surface area contributed by atoms with Gasteiger partial charge >= 0.3 is 0 Å². The molecule has 7 heteroatoms. The Kier molecular flexibility index (Phi) is 4.68. The van der Waals surface area contributed by atoms with E-state index < -0.39 is 17.8 Å². The lowest BCUT2D eigenvalue weighted by Crippen LogP contribution is -2.54. The minimum absolute atomic E-state index is 0.0468. The van der Waals surface area contributed by atoms with E-state index in [9.17, 15) is 14.0 Å². The summed E-state index contributed by atoms with van der Waals surface area (Å²) in [7, 11) is 0. The molecule has 1 aromatic heterocycles. The Labute approximate surface area is 136 Å². The second kappa shape index (κ2) is 6.89. The van der Waals surface area contributed by atoms with Gasteiger partial charge in [0.25, 0.3) is 0 Å². The lowest BCUT2D eigenvalue weighted by Gasteiger charge is -2.34. The molecule has 1 saturated heterocycles. The van der Waals surface area contributed by atoms with E-state index in [0.29, 0.717) is 6.54 Å². The van der Waals surface area contributed by atoms with Crippen molar-refractivity contribution < 1.29 is 18.7 Å². The number of morpholine rings is 1. The number of hydrogen-bond acceptors (Lipinski definition) is 4. The molecule has 5 nitrogen and oxygen atoms in total. The van der Waals surface area contributed by atoms with Crippen LogP contribution in [0.3, 0.4) is 0 Å². The van der Waals surface area contributed by atoms with E-state index >= 15 is 0 Å². The van der Waals surface area contributed by atoms with Gasteiger partial charge in [0.1, 0.15) is 18.5 Å². The van der Waals surface area contributed by atoms with Crippen molar-refractivity contribution in [1.29, 1.82) is 0 Å². The molecule has 1 aliphatic rings. The van der Waals surface area contributed by atoms with Crippen LogP contribution in [0.5, 0.6) is 0 Å². The summed E-state index contributed by atoms with van der Waals surface area (Å²) < 4.78 is 18.9. The summed E-state index contributed by atoms with van der Waals surface area (Å²) in [4.78, 5) is 27.0. The van der Waals surface area contributed by atoms with Crippen LogP contribution in [-0.4, -0.2) is 36.0 Å². The molecule has 2 heterocycles. The van der Waals surface area contributed by atoms with Crippen molar-refractivity contribution in [2.45, 2.75) is 12.6 Å². The molecule has 3 rings (SSSR count). The fourth-order valence-corrected chi connectivity index (χ4v) is 3.07. The van der Waals surface area contributed by atoms with Gasteiger partial charge in [-0.25, -0.2) is 4.39 Å². The molecule has 0 radical (unpaired) electrons. The Morgan fingerprint density at radius 2 is 2.17 bits per heavy atom. The van der Waals surface area contributed by atoms with Crippen LogP contribution in [0.1, 0.15) is 4.88 Å². The maximum absolute atomic E-state index is 13.7. The van der Waals surface area contributed by atoms with Gasteiger partial charge in [-0.3, -0.25) is 9.59 Å². The highest BCUT2D eigenvalue weighted by atomic mass is 32.1. The number of halogens is 1. The average molecular weight is 334 g/mol. The molecule has 1 atom stereocenters. The van der Waals surface area contributed by atoms with Crippen LogP contribution in [0, 0.1) is 5.82 Å². The third-order valence-electron chi connectivity index (χ3n) is 3.54. The molecule has 1 aromatic carbocycles. The molecule has 1 fully saturated rings. The van der Waals surface area contributed by atoms with Gasteiger partial charge < -0.3 is 15.0 Å². The Hall–Kier alpha value is -2.25. The van der Waals surface area contributed by atoms with Crippen molar-refractivity contribution in [3.8, 4) is 0 Å². The van der Waals surface area contributed by atoms with E-state index in [1.807, 2.05) is 17.5 Å². The van der Waals surface area contributed by atoms with Crippen LogP contribution in [0.25, 0.3) is 0 Å². The first-order chi connectivity index (χ1) is 11.1. The van der Waals surface area contributed by atoms with Crippen LogP contribution < -0.4 is 5.32 Å².